The number of aromatic nitrogens is 2. The molecule has 3 aromatic rings. The van der Waals surface area contributed by atoms with Crippen LogP contribution in [0.4, 0.5) is 5.69 Å². The first-order chi connectivity index (χ1) is 13.5. The zero-order valence-electron chi connectivity index (χ0n) is 15.7. The maximum absolute atomic E-state index is 12.4. The smallest absolute Gasteiger partial charge is 0.269 e. The molecule has 0 aliphatic heterocycles. The van der Waals surface area contributed by atoms with Crippen molar-refractivity contribution in [3.63, 3.8) is 0 Å². The largest absolute Gasteiger partial charge is 0.378 e. The van der Waals surface area contributed by atoms with Crippen LogP contribution in [0.3, 0.4) is 0 Å². The van der Waals surface area contributed by atoms with Gasteiger partial charge in [0.15, 0.2) is 0 Å². The Morgan fingerprint density at radius 1 is 1.07 bits per heavy atom. The van der Waals surface area contributed by atoms with E-state index in [1.54, 1.807) is 36.4 Å². The molecule has 0 unspecified atom stereocenters. The molecule has 8 nitrogen and oxygen atoms in total. The molecule has 2 aromatic carbocycles. The number of fused-ring (bicyclic) bond motifs is 1. The third-order valence-corrected chi connectivity index (χ3v) is 4.25. The van der Waals surface area contributed by atoms with E-state index in [-0.39, 0.29) is 18.5 Å². The zero-order valence-corrected chi connectivity index (χ0v) is 15.7. The van der Waals surface area contributed by atoms with E-state index in [0.29, 0.717) is 16.5 Å². The molecule has 144 valence electrons. The number of carbonyl (C=O) groups excluding carboxylic acids is 2. The molecule has 0 saturated heterocycles. The highest BCUT2D eigenvalue weighted by atomic mass is 16.2. The Morgan fingerprint density at radius 2 is 1.86 bits per heavy atom. The molecule has 0 spiro atoms. The molecule has 2 amide bonds. The molecule has 0 aliphatic carbocycles. The first-order valence-corrected chi connectivity index (χ1v) is 8.76. The molecular formula is C20H21N5O3. The number of nitrogens with one attached hydrogen (secondary N) is 2. The normalized spacial score (nSPS) is 10.5. The fourth-order valence-corrected chi connectivity index (χ4v) is 2.67. The van der Waals surface area contributed by atoms with Gasteiger partial charge >= 0.3 is 0 Å². The monoisotopic (exact) mass is 379 g/mol. The van der Waals surface area contributed by atoms with E-state index in [4.69, 9.17) is 0 Å². The van der Waals surface area contributed by atoms with Gasteiger partial charge in [-0.15, -0.1) is 0 Å². The van der Waals surface area contributed by atoms with Crippen LogP contribution in [-0.2, 0) is 11.3 Å². The van der Waals surface area contributed by atoms with Crippen LogP contribution in [0.1, 0.15) is 16.8 Å². The fourth-order valence-electron chi connectivity index (χ4n) is 2.67. The van der Waals surface area contributed by atoms with Crippen molar-refractivity contribution in [3.8, 4) is 0 Å². The van der Waals surface area contributed by atoms with Crippen LogP contribution in [0, 0.1) is 0 Å². The average molecular weight is 379 g/mol. The number of anilines is 1. The predicted molar refractivity (Wildman–Crippen MR) is 107 cm³/mol. The van der Waals surface area contributed by atoms with Gasteiger partial charge in [-0.25, -0.2) is 4.98 Å². The summed E-state index contributed by atoms with van der Waals surface area (Å²) in [4.78, 5) is 42.7. The molecule has 0 fully saturated rings. The molecule has 1 heterocycles. The molecule has 0 saturated carbocycles. The highest BCUT2D eigenvalue weighted by Gasteiger charge is 2.10. The van der Waals surface area contributed by atoms with E-state index < -0.39 is 11.8 Å². The summed E-state index contributed by atoms with van der Waals surface area (Å²) in [6.45, 7) is 0.161. The fraction of sp³-hybridized carbons (Fsp3) is 0.200. The summed E-state index contributed by atoms with van der Waals surface area (Å²) in [5.41, 5.74) is 6.47. The van der Waals surface area contributed by atoms with E-state index in [1.165, 1.54) is 10.9 Å². The highest BCUT2D eigenvalue weighted by Crippen LogP contribution is 2.13. The van der Waals surface area contributed by atoms with E-state index in [0.717, 1.165) is 5.69 Å². The highest BCUT2D eigenvalue weighted by molar-refractivity contribution is 5.96. The number of amides is 2. The van der Waals surface area contributed by atoms with E-state index >= 15 is 0 Å². The number of nitrogens with zero attached hydrogens (tertiary/aromatic N) is 3. The molecule has 3 rings (SSSR count). The lowest BCUT2D eigenvalue weighted by atomic mass is 10.2. The molecule has 1 aromatic heterocycles. The third kappa shape index (κ3) is 4.35. The maximum Gasteiger partial charge on any atom is 0.269 e. The Balaban J connectivity index is 1.56. The SMILES string of the molecule is CN(C)c1cccc(C(=O)NNC(=O)CCn2cnc3ccccc3c2=O)c1. The van der Waals surface area contributed by atoms with Gasteiger partial charge in [0.25, 0.3) is 11.5 Å². The summed E-state index contributed by atoms with van der Waals surface area (Å²) in [5, 5.41) is 0.500. The van der Waals surface area contributed by atoms with Crippen molar-refractivity contribution in [2.75, 3.05) is 19.0 Å². The van der Waals surface area contributed by atoms with Gasteiger partial charge in [0.1, 0.15) is 0 Å². The first-order valence-electron chi connectivity index (χ1n) is 8.76. The van der Waals surface area contributed by atoms with Crippen LogP contribution < -0.4 is 21.3 Å². The van der Waals surface area contributed by atoms with Crippen molar-refractivity contribution in [1.82, 2.24) is 20.4 Å². The number of para-hydroxylation sites is 1. The van der Waals surface area contributed by atoms with E-state index in [2.05, 4.69) is 15.8 Å². The number of hydrazine groups is 1. The van der Waals surface area contributed by atoms with E-state index in [9.17, 15) is 14.4 Å². The molecule has 0 atom stereocenters. The van der Waals surface area contributed by atoms with Gasteiger partial charge in [-0.2, -0.15) is 0 Å². The van der Waals surface area contributed by atoms with E-state index in [1.807, 2.05) is 31.1 Å². The van der Waals surface area contributed by atoms with Crippen LogP contribution >= 0.6 is 0 Å². The molecule has 8 heteroatoms. The van der Waals surface area contributed by atoms with Crippen molar-refractivity contribution >= 4 is 28.4 Å². The molecular weight excluding hydrogens is 358 g/mol. The second-order valence-electron chi connectivity index (χ2n) is 6.46. The van der Waals surface area contributed by atoms with Crippen LogP contribution in [0.5, 0.6) is 0 Å². The third-order valence-electron chi connectivity index (χ3n) is 4.25. The Labute approximate surface area is 161 Å². The Hall–Kier alpha value is -3.68. The lowest BCUT2D eigenvalue weighted by Gasteiger charge is -2.13. The number of rotatable bonds is 5. The minimum Gasteiger partial charge on any atom is -0.378 e. The minimum absolute atomic E-state index is 0.0257. The van der Waals surface area contributed by atoms with Crippen molar-refractivity contribution in [2.45, 2.75) is 13.0 Å². The van der Waals surface area contributed by atoms with Gasteiger partial charge < -0.3 is 4.90 Å². The Bertz CT molecular complexity index is 1070. The number of hydrogen-bond donors (Lipinski definition) is 2. The first kappa shape index (κ1) is 19.1. The Kier molecular flexibility index (Phi) is 5.69. The number of carbonyl (C=O) groups is 2. The van der Waals surface area contributed by atoms with Gasteiger partial charge in [0.2, 0.25) is 5.91 Å². The second-order valence-corrected chi connectivity index (χ2v) is 6.46. The second kappa shape index (κ2) is 8.34. The van der Waals surface area contributed by atoms with Crippen molar-refractivity contribution in [3.05, 3.63) is 70.8 Å². The zero-order chi connectivity index (χ0) is 20.1. The van der Waals surface area contributed by atoms with Crippen molar-refractivity contribution in [2.24, 2.45) is 0 Å². The number of hydrogen-bond acceptors (Lipinski definition) is 5. The van der Waals surface area contributed by atoms with Crippen LogP contribution in [0.2, 0.25) is 0 Å². The Morgan fingerprint density at radius 3 is 2.64 bits per heavy atom. The van der Waals surface area contributed by atoms with Crippen molar-refractivity contribution in [1.29, 1.82) is 0 Å². The van der Waals surface area contributed by atoms with Gasteiger partial charge in [-0.1, -0.05) is 18.2 Å². The maximum atomic E-state index is 12.4. The van der Waals surface area contributed by atoms with Crippen molar-refractivity contribution < 1.29 is 9.59 Å². The summed E-state index contributed by atoms with van der Waals surface area (Å²) in [5.74, 6) is -0.821. The number of benzene rings is 2. The lowest BCUT2D eigenvalue weighted by Crippen LogP contribution is -2.42. The quantitative estimate of drug-likeness (QED) is 0.652. The molecule has 28 heavy (non-hydrogen) atoms. The molecule has 0 aliphatic rings. The van der Waals surface area contributed by atoms with Gasteiger partial charge in [0, 0.05) is 38.3 Å². The van der Waals surface area contributed by atoms with Gasteiger partial charge in [-0.05, 0) is 30.3 Å². The van der Waals surface area contributed by atoms with Crippen LogP contribution in [-0.4, -0.2) is 35.5 Å². The predicted octanol–water partition coefficient (Wildman–Crippen LogP) is 1.31. The molecule has 0 bridgehead atoms. The summed E-state index contributed by atoms with van der Waals surface area (Å²) in [6, 6.07) is 14.1. The number of aryl methyl sites for hydroxylation is 1. The van der Waals surface area contributed by atoms with Gasteiger partial charge in [-0.3, -0.25) is 29.8 Å². The standard InChI is InChI=1S/C20H21N5O3/c1-24(2)15-7-5-6-14(12-15)19(27)23-22-18(26)10-11-25-13-21-17-9-4-3-8-16(17)20(25)28/h3-9,12-13H,10-11H2,1-2H3,(H,22,26)(H,23,27). The topological polar surface area (TPSA) is 96.3 Å². The van der Waals surface area contributed by atoms with Gasteiger partial charge in [0.05, 0.1) is 17.2 Å². The van der Waals surface area contributed by atoms with Crippen LogP contribution in [0.25, 0.3) is 10.9 Å². The molecule has 2 N–H and O–H groups in total. The lowest BCUT2D eigenvalue weighted by molar-refractivity contribution is -0.122. The summed E-state index contributed by atoms with van der Waals surface area (Å²) in [6.07, 6.45) is 1.45. The summed E-state index contributed by atoms with van der Waals surface area (Å²) in [7, 11) is 3.75. The average Bonchev–Trinajstić information content (AvgIpc) is 2.71. The minimum atomic E-state index is -0.415. The summed E-state index contributed by atoms with van der Waals surface area (Å²) >= 11 is 0. The van der Waals surface area contributed by atoms with Crippen LogP contribution in [0.15, 0.2) is 59.7 Å². The molecule has 0 radical (unpaired) electrons. The summed E-state index contributed by atoms with van der Waals surface area (Å²) < 4.78 is 1.38.